The molecule has 20 heavy (non-hydrogen) atoms. The minimum atomic E-state index is -4.01. The molecule has 0 atom stereocenters. The van der Waals surface area contributed by atoms with Gasteiger partial charge in [0.1, 0.15) is 0 Å². The van der Waals surface area contributed by atoms with E-state index in [1.54, 1.807) is 0 Å². The number of rotatable bonds is 7. The molecule has 0 radical (unpaired) electrons. The molecule has 0 fully saturated rings. The van der Waals surface area contributed by atoms with E-state index in [0.29, 0.717) is 5.56 Å². The summed E-state index contributed by atoms with van der Waals surface area (Å²) in [5.74, 6) is 0.158. The van der Waals surface area contributed by atoms with E-state index in [9.17, 15) is 18.5 Å². The quantitative estimate of drug-likeness (QED) is 0.433. The highest BCUT2D eigenvalue weighted by Gasteiger charge is 2.32. The Labute approximate surface area is 127 Å². The van der Waals surface area contributed by atoms with Crippen molar-refractivity contribution in [1.82, 2.24) is 4.31 Å². The molecule has 0 aliphatic carbocycles. The topological polar surface area (TPSA) is 80.5 Å². The number of benzene rings is 1. The second kappa shape index (κ2) is 7.21. The SMILES string of the molecule is Cc1cccc([N+](=O)[O-])c1S(=O)(=O)N(CCCl)CCCl. The Morgan fingerprint density at radius 1 is 1.25 bits per heavy atom. The van der Waals surface area contributed by atoms with Gasteiger partial charge in [-0.3, -0.25) is 10.1 Å². The summed E-state index contributed by atoms with van der Waals surface area (Å²) in [6.07, 6.45) is 0. The molecule has 0 heterocycles. The van der Waals surface area contributed by atoms with Crippen LogP contribution in [0.5, 0.6) is 0 Å². The van der Waals surface area contributed by atoms with Gasteiger partial charge in [0.25, 0.3) is 5.69 Å². The van der Waals surface area contributed by atoms with Crippen molar-refractivity contribution >= 4 is 38.9 Å². The second-order valence-electron chi connectivity index (χ2n) is 3.96. The molecule has 1 aromatic rings. The van der Waals surface area contributed by atoms with E-state index in [1.807, 2.05) is 0 Å². The van der Waals surface area contributed by atoms with Gasteiger partial charge >= 0.3 is 0 Å². The smallest absolute Gasteiger partial charge is 0.258 e. The van der Waals surface area contributed by atoms with Crippen LogP contribution >= 0.6 is 23.2 Å². The first-order chi connectivity index (χ1) is 9.36. The number of nitro benzene ring substituents is 1. The summed E-state index contributed by atoms with van der Waals surface area (Å²) in [7, 11) is -4.01. The number of halogens is 2. The van der Waals surface area contributed by atoms with Crippen LogP contribution < -0.4 is 0 Å². The van der Waals surface area contributed by atoms with Gasteiger partial charge in [-0.05, 0) is 12.5 Å². The summed E-state index contributed by atoms with van der Waals surface area (Å²) in [6.45, 7) is 1.60. The highest BCUT2D eigenvalue weighted by Crippen LogP contribution is 2.29. The third-order valence-corrected chi connectivity index (χ3v) is 5.08. The number of hydrogen-bond donors (Lipinski definition) is 0. The minimum Gasteiger partial charge on any atom is -0.258 e. The van der Waals surface area contributed by atoms with Crippen molar-refractivity contribution in [3.8, 4) is 0 Å². The predicted octanol–water partition coefficient (Wildman–Crippen LogP) is 2.37. The third kappa shape index (κ3) is 3.60. The highest BCUT2D eigenvalue weighted by atomic mass is 35.5. The summed E-state index contributed by atoms with van der Waals surface area (Å²) in [4.78, 5) is 10.0. The number of nitro groups is 1. The Morgan fingerprint density at radius 2 is 1.80 bits per heavy atom. The van der Waals surface area contributed by atoms with Gasteiger partial charge in [-0.1, -0.05) is 12.1 Å². The first kappa shape index (κ1) is 17.2. The molecule has 0 unspecified atom stereocenters. The lowest BCUT2D eigenvalue weighted by Crippen LogP contribution is -2.35. The molecule has 9 heteroatoms. The maximum absolute atomic E-state index is 12.6. The van der Waals surface area contributed by atoms with Crippen molar-refractivity contribution < 1.29 is 13.3 Å². The monoisotopic (exact) mass is 340 g/mol. The van der Waals surface area contributed by atoms with E-state index in [4.69, 9.17) is 23.2 Å². The molecule has 0 spiro atoms. The van der Waals surface area contributed by atoms with Crippen molar-refractivity contribution in [2.45, 2.75) is 11.8 Å². The standard InChI is InChI=1S/C11H14Cl2N2O4S/c1-9-3-2-4-10(15(16)17)11(9)20(18,19)14(7-5-12)8-6-13/h2-4H,5-8H2,1H3. The maximum atomic E-state index is 12.6. The van der Waals surface area contributed by atoms with Gasteiger partial charge in [-0.2, -0.15) is 4.31 Å². The van der Waals surface area contributed by atoms with E-state index in [-0.39, 0.29) is 29.7 Å². The lowest BCUT2D eigenvalue weighted by Gasteiger charge is -2.21. The Balaban J connectivity index is 3.44. The number of hydrogen-bond acceptors (Lipinski definition) is 4. The fourth-order valence-electron chi connectivity index (χ4n) is 1.79. The Bertz CT molecular complexity index is 586. The van der Waals surface area contributed by atoms with E-state index >= 15 is 0 Å². The zero-order valence-corrected chi connectivity index (χ0v) is 13.1. The molecular weight excluding hydrogens is 327 g/mol. The van der Waals surface area contributed by atoms with Crippen molar-refractivity contribution in [1.29, 1.82) is 0 Å². The number of alkyl halides is 2. The lowest BCUT2D eigenvalue weighted by atomic mass is 10.2. The largest absolute Gasteiger partial charge is 0.289 e. The van der Waals surface area contributed by atoms with Crippen LogP contribution in [0.2, 0.25) is 0 Å². The van der Waals surface area contributed by atoms with Crippen molar-refractivity contribution in [3.63, 3.8) is 0 Å². The molecule has 1 rings (SSSR count). The van der Waals surface area contributed by atoms with Crippen LogP contribution in [0.4, 0.5) is 5.69 Å². The summed E-state index contributed by atoms with van der Waals surface area (Å²) in [6, 6.07) is 4.12. The molecule has 0 aliphatic heterocycles. The maximum Gasteiger partial charge on any atom is 0.289 e. The van der Waals surface area contributed by atoms with Gasteiger partial charge in [0.2, 0.25) is 10.0 Å². The molecule has 6 nitrogen and oxygen atoms in total. The molecule has 0 amide bonds. The van der Waals surface area contributed by atoms with Crippen LogP contribution in [-0.4, -0.2) is 42.5 Å². The third-order valence-electron chi connectivity index (χ3n) is 2.65. The number of nitrogens with zero attached hydrogens (tertiary/aromatic N) is 2. The van der Waals surface area contributed by atoms with Crippen LogP contribution in [0.15, 0.2) is 23.1 Å². The van der Waals surface area contributed by atoms with Crippen LogP contribution in [-0.2, 0) is 10.0 Å². The first-order valence-electron chi connectivity index (χ1n) is 5.72. The van der Waals surface area contributed by atoms with Gasteiger partial charge in [0.15, 0.2) is 4.90 Å². The average Bonchev–Trinajstić information content (AvgIpc) is 2.37. The zero-order valence-electron chi connectivity index (χ0n) is 10.8. The van der Waals surface area contributed by atoms with Gasteiger partial charge in [-0.25, -0.2) is 8.42 Å². The Morgan fingerprint density at radius 3 is 2.25 bits per heavy atom. The molecule has 0 bridgehead atoms. The van der Waals surface area contributed by atoms with E-state index in [2.05, 4.69) is 0 Å². The minimum absolute atomic E-state index is 0.0437. The van der Waals surface area contributed by atoms with Crippen LogP contribution in [0.25, 0.3) is 0 Å². The van der Waals surface area contributed by atoms with Gasteiger partial charge in [-0.15, -0.1) is 23.2 Å². The molecular formula is C11H14Cl2N2O4S. The fraction of sp³-hybridized carbons (Fsp3) is 0.455. The van der Waals surface area contributed by atoms with E-state index in [0.717, 1.165) is 4.31 Å². The van der Waals surface area contributed by atoms with E-state index in [1.165, 1.54) is 25.1 Å². The van der Waals surface area contributed by atoms with Crippen molar-refractivity contribution in [2.75, 3.05) is 24.8 Å². The Kier molecular flexibility index (Phi) is 6.19. The van der Waals surface area contributed by atoms with Crippen LogP contribution in [0, 0.1) is 17.0 Å². The fourth-order valence-corrected chi connectivity index (χ4v) is 4.20. The molecule has 1 aromatic carbocycles. The van der Waals surface area contributed by atoms with Crippen molar-refractivity contribution in [2.24, 2.45) is 0 Å². The Hall–Kier alpha value is -0.890. The normalized spacial score (nSPS) is 11.8. The highest BCUT2D eigenvalue weighted by molar-refractivity contribution is 7.89. The van der Waals surface area contributed by atoms with Crippen molar-refractivity contribution in [3.05, 3.63) is 33.9 Å². The molecule has 0 aromatic heterocycles. The van der Waals surface area contributed by atoms with E-state index < -0.39 is 20.6 Å². The first-order valence-corrected chi connectivity index (χ1v) is 8.23. The lowest BCUT2D eigenvalue weighted by molar-refractivity contribution is -0.387. The molecule has 112 valence electrons. The number of aryl methyl sites for hydroxylation is 1. The van der Waals surface area contributed by atoms with Gasteiger partial charge in [0.05, 0.1) is 4.92 Å². The zero-order chi connectivity index (χ0) is 15.3. The second-order valence-corrected chi connectivity index (χ2v) is 6.59. The predicted molar refractivity (Wildman–Crippen MR) is 78.0 cm³/mol. The molecule has 0 N–H and O–H groups in total. The number of sulfonamides is 1. The average molecular weight is 341 g/mol. The molecule has 0 saturated heterocycles. The van der Waals surface area contributed by atoms with Crippen LogP contribution in [0.1, 0.15) is 5.56 Å². The summed E-state index contributed by atoms with van der Waals surface area (Å²) >= 11 is 11.2. The summed E-state index contributed by atoms with van der Waals surface area (Å²) in [5.41, 5.74) is -0.132. The summed E-state index contributed by atoms with van der Waals surface area (Å²) < 4.78 is 26.2. The van der Waals surface area contributed by atoms with Crippen LogP contribution in [0.3, 0.4) is 0 Å². The van der Waals surface area contributed by atoms with Gasteiger partial charge in [0, 0.05) is 30.9 Å². The molecule has 0 aliphatic rings. The molecule has 0 saturated carbocycles. The van der Waals surface area contributed by atoms with Gasteiger partial charge < -0.3 is 0 Å². The summed E-state index contributed by atoms with van der Waals surface area (Å²) in [5, 5.41) is 11.0.